The van der Waals surface area contributed by atoms with Crippen LogP contribution in [0.15, 0.2) is 18.2 Å². The smallest absolute Gasteiger partial charge is 0.237 e. The van der Waals surface area contributed by atoms with Crippen LogP contribution in [0, 0.1) is 11.7 Å². The molecule has 0 spiro atoms. The Hall–Kier alpha value is -1.43. The molecule has 1 aromatic rings. The molecule has 3 N–H and O–H groups in total. The first-order valence-electron chi connectivity index (χ1n) is 7.17. The van der Waals surface area contributed by atoms with E-state index < -0.39 is 16.6 Å². The quantitative estimate of drug-likeness (QED) is 0.840. The Balaban J connectivity index is 1.88. The Morgan fingerprint density at radius 3 is 2.90 bits per heavy atom. The number of carbonyl (C=O) groups is 1. The van der Waals surface area contributed by atoms with Crippen LogP contribution in [0.3, 0.4) is 0 Å². The Morgan fingerprint density at radius 1 is 1.48 bits per heavy atom. The molecule has 116 valence electrons. The minimum atomic E-state index is -1.16. The second kappa shape index (κ2) is 7.02. The van der Waals surface area contributed by atoms with Crippen molar-refractivity contribution in [1.82, 2.24) is 0 Å². The average molecular weight is 312 g/mol. The van der Waals surface area contributed by atoms with E-state index in [4.69, 9.17) is 5.73 Å². The third kappa shape index (κ3) is 4.52. The SMILES string of the molecule is CC1CCCC(S(=O)CC(=O)Nc2ccc(F)c(N)c2)C1. The van der Waals surface area contributed by atoms with E-state index in [1.165, 1.54) is 24.6 Å². The van der Waals surface area contributed by atoms with Gasteiger partial charge in [0.15, 0.2) is 0 Å². The summed E-state index contributed by atoms with van der Waals surface area (Å²) >= 11 is 0. The highest BCUT2D eigenvalue weighted by Gasteiger charge is 2.25. The predicted octanol–water partition coefficient (Wildman–Crippen LogP) is 2.67. The molecule has 1 aliphatic rings. The fourth-order valence-electron chi connectivity index (χ4n) is 2.68. The standard InChI is InChI=1S/C15H21FN2O2S/c1-10-3-2-4-12(7-10)21(20)9-15(19)18-11-5-6-13(16)14(17)8-11/h5-6,8,10,12H,2-4,7,9,17H2,1H3,(H,18,19). The van der Waals surface area contributed by atoms with E-state index in [-0.39, 0.29) is 22.6 Å². The van der Waals surface area contributed by atoms with Gasteiger partial charge in [0.2, 0.25) is 5.91 Å². The van der Waals surface area contributed by atoms with Crippen LogP contribution in [-0.2, 0) is 15.6 Å². The number of hydrogen-bond acceptors (Lipinski definition) is 3. The topological polar surface area (TPSA) is 72.2 Å². The molecule has 3 atom stereocenters. The van der Waals surface area contributed by atoms with Crippen molar-refractivity contribution in [3.8, 4) is 0 Å². The lowest BCUT2D eigenvalue weighted by molar-refractivity contribution is -0.113. The number of halogens is 1. The lowest BCUT2D eigenvalue weighted by Gasteiger charge is -2.25. The number of carbonyl (C=O) groups excluding carboxylic acids is 1. The van der Waals surface area contributed by atoms with Gasteiger partial charge in [0.25, 0.3) is 0 Å². The van der Waals surface area contributed by atoms with Crippen LogP contribution in [0.25, 0.3) is 0 Å². The first kappa shape index (κ1) is 15.9. The predicted molar refractivity (Wildman–Crippen MR) is 83.9 cm³/mol. The Labute approximate surface area is 126 Å². The van der Waals surface area contributed by atoms with Crippen molar-refractivity contribution < 1.29 is 13.4 Å². The minimum absolute atomic E-state index is 0.0185. The van der Waals surface area contributed by atoms with Gasteiger partial charge in [0.05, 0.1) is 5.69 Å². The second-order valence-electron chi connectivity index (χ2n) is 5.70. The summed E-state index contributed by atoms with van der Waals surface area (Å²) in [5.41, 5.74) is 5.85. The van der Waals surface area contributed by atoms with Crippen molar-refractivity contribution in [3.63, 3.8) is 0 Å². The number of nitrogens with one attached hydrogen (secondary N) is 1. The molecule has 0 heterocycles. The van der Waals surface area contributed by atoms with E-state index in [2.05, 4.69) is 12.2 Å². The summed E-state index contributed by atoms with van der Waals surface area (Å²) < 4.78 is 25.3. The van der Waals surface area contributed by atoms with Crippen LogP contribution in [0.2, 0.25) is 0 Å². The van der Waals surface area contributed by atoms with Gasteiger partial charge in [-0.05, 0) is 37.0 Å². The normalized spacial score (nSPS) is 23.5. The zero-order chi connectivity index (χ0) is 15.4. The van der Waals surface area contributed by atoms with Gasteiger partial charge in [-0.3, -0.25) is 9.00 Å². The summed E-state index contributed by atoms with van der Waals surface area (Å²) in [5.74, 6) is -0.285. The molecular weight excluding hydrogens is 291 g/mol. The van der Waals surface area contributed by atoms with Gasteiger partial charge in [-0.15, -0.1) is 0 Å². The van der Waals surface area contributed by atoms with Crippen LogP contribution in [0.4, 0.5) is 15.8 Å². The van der Waals surface area contributed by atoms with Crippen molar-refractivity contribution in [2.75, 3.05) is 16.8 Å². The maximum absolute atomic E-state index is 13.0. The molecule has 1 saturated carbocycles. The van der Waals surface area contributed by atoms with Crippen LogP contribution in [-0.4, -0.2) is 21.1 Å². The van der Waals surface area contributed by atoms with Crippen molar-refractivity contribution in [3.05, 3.63) is 24.0 Å². The molecule has 0 radical (unpaired) electrons. The fourth-order valence-corrected chi connectivity index (χ4v) is 4.22. The summed E-state index contributed by atoms with van der Waals surface area (Å²) in [5, 5.41) is 2.72. The maximum Gasteiger partial charge on any atom is 0.237 e. The third-order valence-electron chi connectivity index (χ3n) is 3.81. The van der Waals surface area contributed by atoms with Crippen molar-refractivity contribution in [2.24, 2.45) is 5.92 Å². The zero-order valence-corrected chi connectivity index (χ0v) is 12.9. The van der Waals surface area contributed by atoms with E-state index in [1.54, 1.807) is 0 Å². The molecule has 1 fully saturated rings. The van der Waals surface area contributed by atoms with Gasteiger partial charge < -0.3 is 11.1 Å². The number of rotatable bonds is 4. The summed E-state index contributed by atoms with van der Waals surface area (Å²) in [4.78, 5) is 11.9. The Bertz CT molecular complexity index is 550. The van der Waals surface area contributed by atoms with Crippen LogP contribution in [0.1, 0.15) is 32.6 Å². The minimum Gasteiger partial charge on any atom is -0.396 e. The molecule has 0 aromatic heterocycles. The summed E-state index contributed by atoms with van der Waals surface area (Å²) in [6, 6.07) is 4.00. The van der Waals surface area contributed by atoms with Gasteiger partial charge in [-0.1, -0.05) is 19.8 Å². The van der Waals surface area contributed by atoms with Gasteiger partial charge in [0.1, 0.15) is 11.6 Å². The molecule has 0 aliphatic heterocycles. The Morgan fingerprint density at radius 2 is 2.24 bits per heavy atom. The zero-order valence-electron chi connectivity index (χ0n) is 12.1. The van der Waals surface area contributed by atoms with Crippen LogP contribution in [0.5, 0.6) is 0 Å². The monoisotopic (exact) mass is 312 g/mol. The van der Waals surface area contributed by atoms with Gasteiger partial charge in [-0.2, -0.15) is 0 Å². The van der Waals surface area contributed by atoms with Gasteiger partial charge in [-0.25, -0.2) is 4.39 Å². The number of nitrogen functional groups attached to an aromatic ring is 1. The highest BCUT2D eigenvalue weighted by molar-refractivity contribution is 7.86. The van der Waals surface area contributed by atoms with Crippen LogP contribution < -0.4 is 11.1 Å². The second-order valence-corrected chi connectivity index (χ2v) is 7.42. The lowest BCUT2D eigenvalue weighted by Crippen LogP contribution is -2.29. The Kier molecular flexibility index (Phi) is 5.33. The van der Waals surface area contributed by atoms with E-state index in [0.29, 0.717) is 11.6 Å². The number of benzene rings is 1. The van der Waals surface area contributed by atoms with Crippen molar-refractivity contribution >= 4 is 28.1 Å². The van der Waals surface area contributed by atoms with E-state index >= 15 is 0 Å². The fraction of sp³-hybridized carbons (Fsp3) is 0.533. The summed E-state index contributed by atoms with van der Waals surface area (Å²) in [7, 11) is -1.16. The summed E-state index contributed by atoms with van der Waals surface area (Å²) in [6.45, 7) is 2.16. The number of hydrogen-bond donors (Lipinski definition) is 2. The highest BCUT2D eigenvalue weighted by Crippen LogP contribution is 2.27. The molecule has 0 saturated heterocycles. The first-order chi connectivity index (χ1) is 9.95. The molecule has 0 bridgehead atoms. The largest absolute Gasteiger partial charge is 0.396 e. The molecule has 21 heavy (non-hydrogen) atoms. The van der Waals surface area contributed by atoms with E-state index in [0.717, 1.165) is 19.3 Å². The first-order valence-corrected chi connectivity index (χ1v) is 8.56. The summed E-state index contributed by atoms with van der Waals surface area (Å²) in [6.07, 6.45) is 4.10. The maximum atomic E-state index is 13.0. The molecule has 6 heteroatoms. The van der Waals surface area contributed by atoms with E-state index in [1.807, 2.05) is 0 Å². The van der Waals surface area contributed by atoms with E-state index in [9.17, 15) is 13.4 Å². The third-order valence-corrected chi connectivity index (χ3v) is 5.53. The average Bonchev–Trinajstić information content (AvgIpc) is 2.43. The molecule has 1 aromatic carbocycles. The molecule has 1 amide bonds. The van der Waals surface area contributed by atoms with Crippen molar-refractivity contribution in [1.29, 1.82) is 0 Å². The number of anilines is 2. The highest BCUT2D eigenvalue weighted by atomic mass is 32.2. The van der Waals surface area contributed by atoms with Gasteiger partial charge >= 0.3 is 0 Å². The molecule has 1 aliphatic carbocycles. The lowest BCUT2D eigenvalue weighted by atomic mass is 9.91. The van der Waals surface area contributed by atoms with Crippen LogP contribution >= 0.6 is 0 Å². The molecule has 4 nitrogen and oxygen atoms in total. The number of amides is 1. The number of nitrogens with two attached hydrogens (primary N) is 1. The van der Waals surface area contributed by atoms with Gasteiger partial charge in [0, 0.05) is 21.7 Å². The molecule has 3 unspecified atom stereocenters. The molecule has 2 rings (SSSR count). The van der Waals surface area contributed by atoms with Crippen molar-refractivity contribution in [2.45, 2.75) is 37.9 Å². The molecular formula is C15H21FN2O2S.